The van der Waals surface area contributed by atoms with Crippen LogP contribution < -0.4 is 5.73 Å². The Labute approximate surface area is 132 Å². The molecule has 0 saturated carbocycles. The zero-order valence-corrected chi connectivity index (χ0v) is 13.4. The number of hydrogen-bond acceptors (Lipinski definition) is 5. The molecule has 1 rings (SSSR count). The first-order valence-electron chi connectivity index (χ1n) is 7.24. The van der Waals surface area contributed by atoms with E-state index in [0.29, 0.717) is 19.6 Å². The lowest BCUT2D eigenvalue weighted by Gasteiger charge is -2.01. The highest BCUT2D eigenvalue weighted by atomic mass is 16.5. The molecule has 0 aromatic heterocycles. The van der Waals surface area contributed by atoms with Crippen LogP contribution in [0.5, 0.6) is 0 Å². The second-order valence-electron chi connectivity index (χ2n) is 3.96. The SMILES string of the molecule is CC.CCOC(=O)/C(C=NCc1ccc(CC#N)cc1)=C/N. The van der Waals surface area contributed by atoms with Crippen LogP contribution in [-0.2, 0) is 22.5 Å². The summed E-state index contributed by atoms with van der Waals surface area (Å²) >= 11 is 0. The molecule has 0 unspecified atom stereocenters. The standard InChI is InChI=1S/C15H17N3O2.C2H6/c1-2-20-15(19)14(9-17)11-18-10-13-5-3-12(4-6-13)7-8-16;1-2/h3-6,9,11H,2,7,10,17H2,1H3;1-2H3/b14-9+,18-11?;. The summed E-state index contributed by atoms with van der Waals surface area (Å²) in [4.78, 5) is 15.6. The molecule has 0 heterocycles. The third-order valence-corrected chi connectivity index (χ3v) is 2.50. The van der Waals surface area contributed by atoms with Gasteiger partial charge in [-0.2, -0.15) is 5.26 Å². The fourth-order valence-electron chi connectivity index (χ4n) is 1.48. The Morgan fingerprint density at radius 2 is 1.91 bits per heavy atom. The number of esters is 1. The molecular formula is C17H23N3O2. The van der Waals surface area contributed by atoms with E-state index >= 15 is 0 Å². The minimum absolute atomic E-state index is 0.230. The molecule has 0 spiro atoms. The number of carbonyl (C=O) groups is 1. The Bertz CT molecular complexity index is 540. The molecule has 2 N–H and O–H groups in total. The number of aliphatic imine (C=N–C) groups is 1. The monoisotopic (exact) mass is 301 g/mol. The predicted molar refractivity (Wildman–Crippen MR) is 88.2 cm³/mol. The van der Waals surface area contributed by atoms with Gasteiger partial charge in [-0.25, -0.2) is 4.79 Å². The Hall–Kier alpha value is -2.61. The Balaban J connectivity index is 0.00000211. The number of nitriles is 1. The van der Waals surface area contributed by atoms with Gasteiger partial charge in [-0.05, 0) is 18.1 Å². The summed E-state index contributed by atoms with van der Waals surface area (Å²) in [6.45, 7) is 6.46. The van der Waals surface area contributed by atoms with Crippen molar-refractivity contribution in [1.82, 2.24) is 0 Å². The van der Waals surface area contributed by atoms with E-state index in [1.807, 2.05) is 38.1 Å². The maximum absolute atomic E-state index is 11.4. The van der Waals surface area contributed by atoms with E-state index in [9.17, 15) is 4.79 Å². The fourth-order valence-corrected chi connectivity index (χ4v) is 1.48. The molecule has 5 heteroatoms. The number of ether oxygens (including phenoxy) is 1. The van der Waals surface area contributed by atoms with Crippen LogP contribution in [0.15, 0.2) is 41.0 Å². The average Bonchev–Trinajstić information content (AvgIpc) is 2.55. The maximum atomic E-state index is 11.4. The number of rotatable bonds is 6. The first-order chi connectivity index (χ1) is 10.7. The summed E-state index contributed by atoms with van der Waals surface area (Å²) in [5.41, 5.74) is 7.54. The van der Waals surface area contributed by atoms with Gasteiger partial charge in [0.25, 0.3) is 0 Å². The normalized spacial score (nSPS) is 10.5. The van der Waals surface area contributed by atoms with Gasteiger partial charge in [0.2, 0.25) is 0 Å². The Kier molecular flexibility index (Phi) is 10.7. The average molecular weight is 301 g/mol. The number of carbonyl (C=O) groups excluding carboxylic acids is 1. The summed E-state index contributed by atoms with van der Waals surface area (Å²) in [7, 11) is 0. The molecule has 0 aliphatic rings. The van der Waals surface area contributed by atoms with Crippen molar-refractivity contribution in [3.05, 3.63) is 47.2 Å². The highest BCUT2D eigenvalue weighted by Gasteiger charge is 2.06. The van der Waals surface area contributed by atoms with Gasteiger partial charge in [0.1, 0.15) is 0 Å². The molecule has 0 aliphatic carbocycles. The quantitative estimate of drug-likeness (QED) is 0.497. The molecule has 1 aromatic carbocycles. The Morgan fingerprint density at radius 1 is 1.32 bits per heavy atom. The highest BCUT2D eigenvalue weighted by molar-refractivity contribution is 6.09. The predicted octanol–water partition coefficient (Wildman–Crippen LogP) is 2.76. The molecule has 0 radical (unpaired) electrons. The Morgan fingerprint density at radius 3 is 2.41 bits per heavy atom. The second-order valence-corrected chi connectivity index (χ2v) is 3.96. The van der Waals surface area contributed by atoms with Gasteiger partial charge < -0.3 is 10.5 Å². The van der Waals surface area contributed by atoms with Crippen LogP contribution in [0.25, 0.3) is 0 Å². The van der Waals surface area contributed by atoms with E-state index in [4.69, 9.17) is 15.7 Å². The van der Waals surface area contributed by atoms with Crippen molar-refractivity contribution in [3.8, 4) is 6.07 Å². The van der Waals surface area contributed by atoms with Crippen LogP contribution in [-0.4, -0.2) is 18.8 Å². The summed E-state index contributed by atoms with van der Waals surface area (Å²) < 4.78 is 4.83. The fraction of sp³-hybridized carbons (Fsp3) is 0.353. The molecule has 0 saturated heterocycles. The highest BCUT2D eigenvalue weighted by Crippen LogP contribution is 2.06. The number of benzene rings is 1. The van der Waals surface area contributed by atoms with Gasteiger partial charge in [-0.3, -0.25) is 4.99 Å². The van der Waals surface area contributed by atoms with Crippen molar-refractivity contribution in [2.45, 2.75) is 33.7 Å². The molecule has 1 aromatic rings. The van der Waals surface area contributed by atoms with Crippen molar-refractivity contribution in [2.75, 3.05) is 6.61 Å². The lowest BCUT2D eigenvalue weighted by Crippen LogP contribution is -2.10. The topological polar surface area (TPSA) is 88.5 Å². The van der Waals surface area contributed by atoms with Crippen molar-refractivity contribution >= 4 is 12.2 Å². The summed E-state index contributed by atoms with van der Waals surface area (Å²) in [5, 5.41) is 8.58. The van der Waals surface area contributed by atoms with E-state index in [1.54, 1.807) is 6.92 Å². The molecule has 0 fully saturated rings. The van der Waals surface area contributed by atoms with Gasteiger partial charge in [0.05, 0.1) is 31.2 Å². The number of nitrogens with zero attached hydrogens (tertiary/aromatic N) is 2. The smallest absolute Gasteiger partial charge is 0.341 e. The summed E-state index contributed by atoms with van der Waals surface area (Å²) in [6.07, 6.45) is 2.98. The van der Waals surface area contributed by atoms with E-state index in [-0.39, 0.29) is 5.57 Å². The van der Waals surface area contributed by atoms with Gasteiger partial charge in [0, 0.05) is 12.4 Å². The molecular weight excluding hydrogens is 278 g/mol. The van der Waals surface area contributed by atoms with E-state index in [2.05, 4.69) is 11.1 Å². The summed E-state index contributed by atoms with van der Waals surface area (Å²) in [5.74, 6) is -0.483. The van der Waals surface area contributed by atoms with Crippen LogP contribution in [0.4, 0.5) is 0 Å². The third-order valence-electron chi connectivity index (χ3n) is 2.50. The zero-order chi connectivity index (χ0) is 16.8. The van der Waals surface area contributed by atoms with E-state index in [1.165, 1.54) is 12.4 Å². The van der Waals surface area contributed by atoms with Crippen LogP contribution in [0.2, 0.25) is 0 Å². The number of nitrogens with two attached hydrogens (primary N) is 1. The molecule has 0 amide bonds. The maximum Gasteiger partial charge on any atom is 0.341 e. The minimum Gasteiger partial charge on any atom is -0.462 e. The molecule has 5 nitrogen and oxygen atoms in total. The van der Waals surface area contributed by atoms with Crippen molar-refractivity contribution in [3.63, 3.8) is 0 Å². The van der Waals surface area contributed by atoms with Crippen molar-refractivity contribution < 1.29 is 9.53 Å². The molecule has 118 valence electrons. The lowest BCUT2D eigenvalue weighted by molar-refractivity contribution is -0.137. The van der Waals surface area contributed by atoms with Gasteiger partial charge in [-0.1, -0.05) is 38.1 Å². The van der Waals surface area contributed by atoms with Crippen molar-refractivity contribution in [2.24, 2.45) is 10.7 Å². The van der Waals surface area contributed by atoms with E-state index in [0.717, 1.165) is 11.1 Å². The molecule has 0 aliphatic heterocycles. The third kappa shape index (κ3) is 7.25. The minimum atomic E-state index is -0.483. The molecule has 22 heavy (non-hydrogen) atoms. The zero-order valence-electron chi connectivity index (χ0n) is 13.4. The van der Waals surface area contributed by atoms with Gasteiger partial charge in [0.15, 0.2) is 0 Å². The molecule has 0 atom stereocenters. The van der Waals surface area contributed by atoms with Crippen LogP contribution >= 0.6 is 0 Å². The van der Waals surface area contributed by atoms with Gasteiger partial charge >= 0.3 is 5.97 Å². The van der Waals surface area contributed by atoms with Crippen LogP contribution in [0.1, 0.15) is 31.9 Å². The first kappa shape index (κ1) is 19.4. The molecule has 0 bridgehead atoms. The second kappa shape index (κ2) is 12.2. The van der Waals surface area contributed by atoms with Gasteiger partial charge in [-0.15, -0.1) is 0 Å². The van der Waals surface area contributed by atoms with Crippen LogP contribution in [0.3, 0.4) is 0 Å². The van der Waals surface area contributed by atoms with E-state index < -0.39 is 5.97 Å². The van der Waals surface area contributed by atoms with Crippen molar-refractivity contribution in [1.29, 1.82) is 5.26 Å². The first-order valence-corrected chi connectivity index (χ1v) is 7.24. The van der Waals surface area contributed by atoms with Crippen LogP contribution in [0, 0.1) is 11.3 Å². The lowest BCUT2D eigenvalue weighted by atomic mass is 10.1. The number of hydrogen-bond donors (Lipinski definition) is 1. The summed E-state index contributed by atoms with van der Waals surface area (Å²) in [6, 6.07) is 9.67. The largest absolute Gasteiger partial charge is 0.462 e.